The van der Waals surface area contributed by atoms with Crippen LogP contribution in [-0.4, -0.2) is 55.9 Å². The summed E-state index contributed by atoms with van der Waals surface area (Å²) < 4.78 is 29.3. The molecule has 118 valence electrons. The van der Waals surface area contributed by atoms with Gasteiger partial charge in [-0.1, -0.05) is 0 Å². The van der Waals surface area contributed by atoms with Crippen molar-refractivity contribution in [2.45, 2.75) is 20.4 Å². The minimum atomic E-state index is -3.58. The Morgan fingerprint density at radius 2 is 1.90 bits per heavy atom. The molecule has 1 aliphatic rings. The molecule has 1 aromatic heterocycles. The summed E-state index contributed by atoms with van der Waals surface area (Å²) in [6, 6.07) is 0. The fraction of sp³-hybridized carbons (Fsp3) is 0.615. The first-order valence-corrected chi connectivity index (χ1v) is 8.32. The summed E-state index contributed by atoms with van der Waals surface area (Å²) >= 11 is 0. The molecule has 21 heavy (non-hydrogen) atoms. The molecule has 0 amide bonds. The highest BCUT2D eigenvalue weighted by Gasteiger charge is 2.24. The van der Waals surface area contributed by atoms with Crippen molar-refractivity contribution in [1.29, 1.82) is 0 Å². The van der Waals surface area contributed by atoms with E-state index in [1.807, 2.05) is 20.0 Å². The average molecular weight is 314 g/mol. The van der Waals surface area contributed by atoms with E-state index in [1.165, 1.54) is 4.31 Å². The molecule has 0 bridgehead atoms. The number of aromatic nitrogens is 1. The van der Waals surface area contributed by atoms with Crippen molar-refractivity contribution in [3.8, 4) is 5.75 Å². The number of methoxy groups -OCH3 is 1. The minimum Gasteiger partial charge on any atom is -0.496 e. The molecule has 8 heteroatoms. The van der Waals surface area contributed by atoms with Gasteiger partial charge in [0.1, 0.15) is 5.75 Å². The molecule has 0 radical (unpaired) electrons. The van der Waals surface area contributed by atoms with E-state index in [0.29, 0.717) is 32.7 Å². The number of nitrogens with zero attached hydrogens (tertiary/aromatic N) is 3. The Bertz CT molecular complexity index is 610. The second-order valence-electron chi connectivity index (χ2n) is 5.27. The Labute approximate surface area is 125 Å². The summed E-state index contributed by atoms with van der Waals surface area (Å²) in [6.45, 7) is 6.77. The van der Waals surface area contributed by atoms with E-state index < -0.39 is 10.2 Å². The Morgan fingerprint density at radius 3 is 2.43 bits per heavy atom. The summed E-state index contributed by atoms with van der Waals surface area (Å²) in [7, 11) is -1.92. The number of rotatable bonds is 4. The van der Waals surface area contributed by atoms with Crippen molar-refractivity contribution in [3.05, 3.63) is 23.0 Å². The largest absolute Gasteiger partial charge is 0.496 e. The summed E-state index contributed by atoms with van der Waals surface area (Å²) in [5.41, 5.74) is 3.01. The summed E-state index contributed by atoms with van der Waals surface area (Å²) in [5, 5.41) is 5.14. The predicted octanol–water partition coefficient (Wildman–Crippen LogP) is 0.0281. The van der Waals surface area contributed by atoms with Crippen LogP contribution in [0.5, 0.6) is 5.75 Å². The van der Waals surface area contributed by atoms with E-state index in [9.17, 15) is 8.42 Å². The zero-order chi connectivity index (χ0) is 15.6. The normalized spacial score (nSPS) is 17.9. The van der Waals surface area contributed by atoms with E-state index in [1.54, 1.807) is 7.11 Å². The van der Waals surface area contributed by atoms with Crippen molar-refractivity contribution in [3.63, 3.8) is 0 Å². The first kappa shape index (κ1) is 16.2. The van der Waals surface area contributed by atoms with Crippen LogP contribution in [0.15, 0.2) is 6.20 Å². The molecule has 0 spiro atoms. The van der Waals surface area contributed by atoms with Gasteiger partial charge in [-0.15, -0.1) is 0 Å². The first-order chi connectivity index (χ1) is 9.82. The maximum atomic E-state index is 11.3. The number of piperazine rings is 1. The molecule has 0 atom stereocenters. The quantitative estimate of drug-likeness (QED) is 0.847. The van der Waals surface area contributed by atoms with Crippen LogP contribution in [0, 0.1) is 13.8 Å². The smallest absolute Gasteiger partial charge is 0.276 e. The molecular weight excluding hydrogens is 292 g/mol. The maximum Gasteiger partial charge on any atom is 0.276 e. The van der Waals surface area contributed by atoms with Crippen molar-refractivity contribution in [2.75, 3.05) is 33.3 Å². The topological polar surface area (TPSA) is 88.8 Å². The molecule has 7 nitrogen and oxygen atoms in total. The van der Waals surface area contributed by atoms with E-state index in [2.05, 4.69) is 9.88 Å². The number of nitrogens with two attached hydrogens (primary N) is 1. The average Bonchev–Trinajstić information content (AvgIpc) is 2.42. The molecule has 0 aromatic carbocycles. The molecule has 0 saturated carbocycles. The van der Waals surface area contributed by atoms with Crippen LogP contribution >= 0.6 is 0 Å². The molecule has 1 aromatic rings. The molecule has 0 aliphatic carbocycles. The van der Waals surface area contributed by atoms with Crippen molar-refractivity contribution >= 4 is 10.2 Å². The molecule has 2 rings (SSSR count). The Kier molecular flexibility index (Phi) is 4.82. The SMILES string of the molecule is COc1c(C)cnc(CN2CCN(S(N)(=O)=O)CC2)c1C. The molecule has 0 unspecified atom stereocenters. The van der Waals surface area contributed by atoms with Gasteiger partial charge < -0.3 is 4.74 Å². The Morgan fingerprint density at radius 1 is 1.29 bits per heavy atom. The number of pyridine rings is 1. The highest BCUT2D eigenvalue weighted by Crippen LogP contribution is 2.25. The van der Waals surface area contributed by atoms with Gasteiger partial charge in [0, 0.05) is 50.0 Å². The van der Waals surface area contributed by atoms with Crippen molar-refractivity contribution < 1.29 is 13.2 Å². The monoisotopic (exact) mass is 314 g/mol. The number of hydrogen-bond donors (Lipinski definition) is 1. The molecular formula is C13H22N4O3S. The van der Waals surface area contributed by atoms with Crippen LogP contribution in [0.2, 0.25) is 0 Å². The number of hydrogen-bond acceptors (Lipinski definition) is 5. The van der Waals surface area contributed by atoms with Crippen LogP contribution in [-0.2, 0) is 16.8 Å². The summed E-state index contributed by atoms with van der Waals surface area (Å²) in [6.07, 6.45) is 1.81. The molecule has 1 aliphatic heterocycles. The third kappa shape index (κ3) is 3.70. The van der Waals surface area contributed by atoms with Gasteiger partial charge in [-0.05, 0) is 13.8 Å². The highest BCUT2D eigenvalue weighted by atomic mass is 32.2. The van der Waals surface area contributed by atoms with Gasteiger partial charge in [-0.3, -0.25) is 9.88 Å². The standard InChI is InChI=1S/C13H22N4O3S/c1-10-8-15-12(11(2)13(10)20-3)9-16-4-6-17(7-5-16)21(14,18)19/h8H,4-7,9H2,1-3H3,(H2,14,18,19). The third-order valence-corrected chi connectivity index (χ3v) is 4.90. The minimum absolute atomic E-state index is 0.418. The fourth-order valence-corrected chi connectivity index (χ4v) is 3.26. The molecule has 1 saturated heterocycles. The summed E-state index contributed by atoms with van der Waals surface area (Å²) in [4.78, 5) is 6.64. The van der Waals surface area contributed by atoms with Crippen LogP contribution in [0.25, 0.3) is 0 Å². The van der Waals surface area contributed by atoms with Gasteiger partial charge in [0.15, 0.2) is 0 Å². The second kappa shape index (κ2) is 6.27. The maximum absolute atomic E-state index is 11.3. The van der Waals surface area contributed by atoms with Crippen LogP contribution < -0.4 is 9.88 Å². The Hall–Kier alpha value is -1.22. The number of aryl methyl sites for hydroxylation is 1. The second-order valence-corrected chi connectivity index (χ2v) is 6.81. The van der Waals surface area contributed by atoms with E-state index >= 15 is 0 Å². The van der Waals surface area contributed by atoms with Gasteiger partial charge in [0.05, 0.1) is 12.8 Å². The van der Waals surface area contributed by atoms with Gasteiger partial charge in [-0.2, -0.15) is 12.7 Å². The first-order valence-electron chi connectivity index (χ1n) is 6.82. The highest BCUT2D eigenvalue weighted by molar-refractivity contribution is 7.86. The van der Waals surface area contributed by atoms with E-state index in [-0.39, 0.29) is 0 Å². The lowest BCUT2D eigenvalue weighted by atomic mass is 10.1. The van der Waals surface area contributed by atoms with Crippen molar-refractivity contribution in [1.82, 2.24) is 14.2 Å². The van der Waals surface area contributed by atoms with E-state index in [0.717, 1.165) is 22.6 Å². The van der Waals surface area contributed by atoms with E-state index in [4.69, 9.17) is 9.88 Å². The zero-order valence-electron chi connectivity index (χ0n) is 12.7. The van der Waals surface area contributed by atoms with Crippen LogP contribution in [0.1, 0.15) is 16.8 Å². The predicted molar refractivity (Wildman–Crippen MR) is 80.2 cm³/mol. The number of ether oxygens (including phenoxy) is 1. The van der Waals surface area contributed by atoms with Gasteiger partial charge in [-0.25, -0.2) is 5.14 Å². The molecule has 2 heterocycles. The third-order valence-electron chi connectivity index (χ3n) is 3.81. The van der Waals surface area contributed by atoms with Gasteiger partial charge in [0.2, 0.25) is 0 Å². The molecule has 2 N–H and O–H groups in total. The lowest BCUT2D eigenvalue weighted by molar-refractivity contribution is 0.179. The van der Waals surface area contributed by atoms with Crippen LogP contribution in [0.4, 0.5) is 0 Å². The van der Waals surface area contributed by atoms with Gasteiger partial charge >= 0.3 is 0 Å². The lowest BCUT2D eigenvalue weighted by Crippen LogP contribution is -2.50. The molecule has 1 fully saturated rings. The zero-order valence-corrected chi connectivity index (χ0v) is 13.5. The fourth-order valence-electron chi connectivity index (χ4n) is 2.58. The summed E-state index contributed by atoms with van der Waals surface area (Å²) in [5.74, 6) is 0.864. The Balaban J connectivity index is 2.05. The van der Waals surface area contributed by atoms with Crippen LogP contribution in [0.3, 0.4) is 0 Å². The lowest BCUT2D eigenvalue weighted by Gasteiger charge is -2.33. The van der Waals surface area contributed by atoms with Gasteiger partial charge in [0.25, 0.3) is 10.2 Å². The van der Waals surface area contributed by atoms with Crippen molar-refractivity contribution in [2.24, 2.45) is 5.14 Å².